The zero-order valence-corrected chi connectivity index (χ0v) is 11.3. The summed E-state index contributed by atoms with van der Waals surface area (Å²) in [4.78, 5) is 14.6. The van der Waals surface area contributed by atoms with E-state index in [1.165, 1.54) is 11.3 Å². The summed E-state index contributed by atoms with van der Waals surface area (Å²) in [7, 11) is -2.94. The van der Waals surface area contributed by atoms with Gasteiger partial charge in [-0.15, -0.1) is 11.3 Å². The molecule has 0 saturated carbocycles. The molecule has 18 heavy (non-hydrogen) atoms. The molecule has 1 unspecified atom stereocenters. The number of nitrogens with one attached hydrogen (secondary N) is 1. The summed E-state index contributed by atoms with van der Waals surface area (Å²) in [6, 6.07) is -0.118. The van der Waals surface area contributed by atoms with Crippen LogP contribution in [0, 0.1) is 0 Å². The van der Waals surface area contributed by atoms with Crippen molar-refractivity contribution in [2.24, 2.45) is 0 Å². The molecule has 6 nitrogen and oxygen atoms in total. The highest BCUT2D eigenvalue weighted by Gasteiger charge is 2.25. The Kier molecular flexibility index (Phi) is 3.86. The Morgan fingerprint density at radius 3 is 3.06 bits per heavy atom. The number of sulfone groups is 1. The van der Waals surface area contributed by atoms with E-state index in [1.54, 1.807) is 5.38 Å². The summed E-state index contributed by atoms with van der Waals surface area (Å²) < 4.78 is 22.9. The number of aliphatic carboxylic acids is 1. The van der Waals surface area contributed by atoms with Crippen molar-refractivity contribution in [3.8, 4) is 0 Å². The average Bonchev–Trinajstić information content (AvgIpc) is 2.62. The fraction of sp³-hybridized carbons (Fsp3) is 0.600. The van der Waals surface area contributed by atoms with Crippen LogP contribution in [0.15, 0.2) is 5.38 Å². The van der Waals surface area contributed by atoms with Crippen LogP contribution < -0.4 is 5.32 Å². The van der Waals surface area contributed by atoms with Gasteiger partial charge < -0.3 is 10.4 Å². The summed E-state index contributed by atoms with van der Waals surface area (Å²) in [5, 5.41) is 14.0. The average molecular weight is 290 g/mol. The first-order chi connectivity index (χ1) is 8.44. The van der Waals surface area contributed by atoms with E-state index < -0.39 is 15.8 Å². The number of hydrogen-bond acceptors (Lipinski definition) is 6. The summed E-state index contributed by atoms with van der Waals surface area (Å²) in [6.45, 7) is 0. The molecule has 1 aromatic heterocycles. The monoisotopic (exact) mass is 290 g/mol. The third-order valence-corrected chi connectivity index (χ3v) is 5.32. The van der Waals surface area contributed by atoms with Crippen molar-refractivity contribution in [1.29, 1.82) is 0 Å². The van der Waals surface area contributed by atoms with Gasteiger partial charge in [-0.05, 0) is 12.8 Å². The van der Waals surface area contributed by atoms with Gasteiger partial charge >= 0.3 is 5.97 Å². The van der Waals surface area contributed by atoms with E-state index in [0.29, 0.717) is 17.2 Å². The lowest BCUT2D eigenvalue weighted by molar-refractivity contribution is -0.136. The third-order valence-electron chi connectivity index (χ3n) is 2.67. The van der Waals surface area contributed by atoms with Crippen molar-refractivity contribution in [2.45, 2.75) is 25.3 Å². The summed E-state index contributed by atoms with van der Waals surface area (Å²) in [6.07, 6.45) is 1.35. The van der Waals surface area contributed by atoms with Crippen LogP contribution in [0.4, 0.5) is 5.13 Å². The quantitative estimate of drug-likeness (QED) is 0.850. The molecule has 8 heteroatoms. The zero-order chi connectivity index (χ0) is 13.2. The van der Waals surface area contributed by atoms with Gasteiger partial charge in [-0.2, -0.15) is 0 Å². The Morgan fingerprint density at radius 1 is 1.61 bits per heavy atom. The highest BCUT2D eigenvalue weighted by molar-refractivity contribution is 7.91. The van der Waals surface area contributed by atoms with Gasteiger partial charge in [-0.3, -0.25) is 4.79 Å². The molecular weight excluding hydrogens is 276 g/mol. The van der Waals surface area contributed by atoms with Crippen molar-refractivity contribution in [3.05, 3.63) is 11.1 Å². The fourth-order valence-electron chi connectivity index (χ4n) is 1.92. The molecule has 0 aliphatic carbocycles. The molecule has 0 aromatic carbocycles. The smallest absolute Gasteiger partial charge is 0.309 e. The number of carboxylic acids is 1. The molecule has 2 N–H and O–H groups in total. The number of hydrogen-bond donors (Lipinski definition) is 2. The topological polar surface area (TPSA) is 96.4 Å². The van der Waals surface area contributed by atoms with E-state index in [2.05, 4.69) is 10.3 Å². The third kappa shape index (κ3) is 3.67. The van der Waals surface area contributed by atoms with Gasteiger partial charge in [0.1, 0.15) is 0 Å². The first kappa shape index (κ1) is 13.3. The first-order valence-electron chi connectivity index (χ1n) is 5.58. The van der Waals surface area contributed by atoms with E-state index >= 15 is 0 Å². The molecular formula is C10H14N2O4S2. The summed E-state index contributed by atoms with van der Waals surface area (Å²) in [5.41, 5.74) is 0.494. The van der Waals surface area contributed by atoms with Crippen LogP contribution in [-0.4, -0.2) is 42.0 Å². The predicted molar refractivity (Wildman–Crippen MR) is 68.8 cm³/mol. The molecule has 1 aromatic rings. The maximum atomic E-state index is 11.5. The normalized spacial score (nSPS) is 22.6. The standard InChI is InChI=1S/C10H14N2O4S2/c13-9(14)4-8-5-17-10(12-8)11-7-2-1-3-18(15,16)6-7/h5,7H,1-4,6H2,(H,11,12)(H,13,14). The van der Waals surface area contributed by atoms with Crippen LogP contribution in [0.3, 0.4) is 0 Å². The van der Waals surface area contributed by atoms with Crippen LogP contribution in [0.1, 0.15) is 18.5 Å². The van der Waals surface area contributed by atoms with Crippen LogP contribution in [-0.2, 0) is 21.1 Å². The van der Waals surface area contributed by atoms with Crippen molar-refractivity contribution in [2.75, 3.05) is 16.8 Å². The van der Waals surface area contributed by atoms with E-state index in [-0.39, 0.29) is 24.0 Å². The number of carbonyl (C=O) groups is 1. The second-order valence-corrected chi connectivity index (χ2v) is 7.40. The molecule has 0 bridgehead atoms. The number of aromatic nitrogens is 1. The van der Waals surface area contributed by atoms with Crippen LogP contribution >= 0.6 is 11.3 Å². The van der Waals surface area contributed by atoms with Crippen molar-refractivity contribution in [1.82, 2.24) is 4.98 Å². The second kappa shape index (κ2) is 5.23. The Labute approximate surface area is 109 Å². The highest BCUT2D eigenvalue weighted by atomic mass is 32.2. The van der Waals surface area contributed by atoms with Crippen LogP contribution in [0.2, 0.25) is 0 Å². The molecule has 1 atom stereocenters. The molecule has 0 spiro atoms. The first-order valence-corrected chi connectivity index (χ1v) is 8.28. The number of nitrogens with zero attached hydrogens (tertiary/aromatic N) is 1. The number of thiazole rings is 1. The number of anilines is 1. The van der Waals surface area contributed by atoms with Crippen molar-refractivity contribution >= 4 is 32.3 Å². The molecule has 0 radical (unpaired) electrons. The lowest BCUT2D eigenvalue weighted by atomic mass is 10.2. The number of carboxylic acid groups (broad SMARTS) is 1. The maximum absolute atomic E-state index is 11.5. The molecule has 1 aliphatic heterocycles. The Morgan fingerprint density at radius 2 is 2.39 bits per heavy atom. The van der Waals surface area contributed by atoms with Gasteiger partial charge in [0.05, 0.1) is 23.6 Å². The predicted octanol–water partition coefficient (Wildman–Crippen LogP) is 0.759. The molecule has 2 rings (SSSR count). The summed E-state index contributed by atoms with van der Waals surface area (Å²) >= 11 is 1.30. The minimum absolute atomic E-state index is 0.110. The largest absolute Gasteiger partial charge is 0.481 e. The molecule has 100 valence electrons. The molecule has 0 amide bonds. The second-order valence-electron chi connectivity index (χ2n) is 4.31. The van der Waals surface area contributed by atoms with Gasteiger partial charge in [0.2, 0.25) is 0 Å². The van der Waals surface area contributed by atoms with E-state index in [4.69, 9.17) is 5.11 Å². The van der Waals surface area contributed by atoms with Gasteiger partial charge in [0.25, 0.3) is 0 Å². The SMILES string of the molecule is O=C(O)Cc1csc(NC2CCCS(=O)(=O)C2)n1. The Bertz CT molecular complexity index is 538. The van der Waals surface area contributed by atoms with E-state index in [0.717, 1.165) is 6.42 Å². The van der Waals surface area contributed by atoms with Gasteiger partial charge in [0.15, 0.2) is 15.0 Å². The van der Waals surface area contributed by atoms with Crippen molar-refractivity contribution in [3.63, 3.8) is 0 Å². The van der Waals surface area contributed by atoms with Gasteiger partial charge in [-0.1, -0.05) is 0 Å². The van der Waals surface area contributed by atoms with Gasteiger partial charge in [-0.25, -0.2) is 13.4 Å². The molecule has 1 fully saturated rings. The molecule has 1 aliphatic rings. The summed E-state index contributed by atoms with van der Waals surface area (Å²) in [5.74, 6) is -0.541. The van der Waals surface area contributed by atoms with Gasteiger partial charge in [0, 0.05) is 11.4 Å². The van der Waals surface area contributed by atoms with Crippen LogP contribution in [0.5, 0.6) is 0 Å². The lowest BCUT2D eigenvalue weighted by Gasteiger charge is -2.22. The fourth-order valence-corrected chi connectivity index (χ4v) is 4.35. The van der Waals surface area contributed by atoms with Crippen molar-refractivity contribution < 1.29 is 18.3 Å². The van der Waals surface area contributed by atoms with E-state index in [9.17, 15) is 13.2 Å². The zero-order valence-electron chi connectivity index (χ0n) is 9.63. The highest BCUT2D eigenvalue weighted by Crippen LogP contribution is 2.21. The van der Waals surface area contributed by atoms with E-state index in [1.807, 2.05) is 0 Å². The lowest BCUT2D eigenvalue weighted by Crippen LogP contribution is -2.34. The van der Waals surface area contributed by atoms with Crippen LogP contribution in [0.25, 0.3) is 0 Å². The maximum Gasteiger partial charge on any atom is 0.309 e. The minimum Gasteiger partial charge on any atom is -0.481 e. The Hall–Kier alpha value is -1.15. The Balaban J connectivity index is 1.97. The minimum atomic E-state index is -2.94. The number of rotatable bonds is 4. The molecule has 2 heterocycles. The molecule has 1 saturated heterocycles.